The zero-order chi connectivity index (χ0) is 18.4. The van der Waals surface area contributed by atoms with Crippen LogP contribution in [0.2, 0.25) is 0 Å². The van der Waals surface area contributed by atoms with Crippen LogP contribution in [0.3, 0.4) is 0 Å². The molecule has 0 spiro atoms. The van der Waals surface area contributed by atoms with E-state index >= 15 is 0 Å². The standard InChI is InChI=1S/C19H25N5OS/c1-3-20-19(23-13-17-21-11-14(2)26-17)22-12-15-6-8-16(9-7-15)24-10-4-5-18(24)25/h6-9,11H,3-5,10,12-13H2,1-2H3,(H2,20,22,23). The third kappa shape index (κ3) is 4.82. The van der Waals surface area contributed by atoms with Crippen molar-refractivity contribution in [1.82, 2.24) is 15.6 Å². The summed E-state index contributed by atoms with van der Waals surface area (Å²) in [5.74, 6) is 0.992. The number of thiazole rings is 1. The Labute approximate surface area is 158 Å². The molecule has 1 aromatic carbocycles. The van der Waals surface area contributed by atoms with Gasteiger partial charge in [-0.25, -0.2) is 9.98 Å². The second-order valence-corrected chi connectivity index (χ2v) is 7.55. The van der Waals surface area contributed by atoms with Gasteiger partial charge in [-0.15, -0.1) is 11.3 Å². The maximum absolute atomic E-state index is 11.8. The predicted molar refractivity (Wildman–Crippen MR) is 107 cm³/mol. The predicted octanol–water partition coefficient (Wildman–Crippen LogP) is 2.83. The number of aromatic nitrogens is 1. The van der Waals surface area contributed by atoms with Crippen molar-refractivity contribution >= 4 is 28.9 Å². The summed E-state index contributed by atoms with van der Waals surface area (Å²) in [5.41, 5.74) is 2.09. The first-order valence-corrected chi connectivity index (χ1v) is 9.80. The van der Waals surface area contributed by atoms with E-state index < -0.39 is 0 Å². The molecule has 2 N–H and O–H groups in total. The van der Waals surface area contributed by atoms with Crippen molar-refractivity contribution in [3.63, 3.8) is 0 Å². The Morgan fingerprint density at radius 1 is 1.31 bits per heavy atom. The number of rotatable bonds is 6. The molecule has 0 aliphatic carbocycles. The lowest BCUT2D eigenvalue weighted by Crippen LogP contribution is -2.36. The number of aryl methyl sites for hydroxylation is 1. The topological polar surface area (TPSA) is 69.6 Å². The lowest BCUT2D eigenvalue weighted by molar-refractivity contribution is -0.117. The first-order valence-electron chi connectivity index (χ1n) is 8.98. The second kappa shape index (κ2) is 8.80. The van der Waals surface area contributed by atoms with Crippen molar-refractivity contribution in [2.45, 2.75) is 39.8 Å². The Bertz CT molecular complexity index is 768. The van der Waals surface area contributed by atoms with Crippen molar-refractivity contribution in [3.8, 4) is 0 Å². The van der Waals surface area contributed by atoms with Gasteiger partial charge in [0.05, 0.1) is 13.1 Å². The Morgan fingerprint density at radius 2 is 2.12 bits per heavy atom. The minimum atomic E-state index is 0.215. The quantitative estimate of drug-likeness (QED) is 0.605. The summed E-state index contributed by atoms with van der Waals surface area (Å²) in [6.45, 7) is 6.98. The number of benzene rings is 1. The lowest BCUT2D eigenvalue weighted by Gasteiger charge is -2.15. The van der Waals surface area contributed by atoms with Gasteiger partial charge in [-0.1, -0.05) is 12.1 Å². The fourth-order valence-electron chi connectivity index (χ4n) is 2.86. The highest BCUT2D eigenvalue weighted by Gasteiger charge is 2.21. The molecule has 1 aliphatic rings. The normalized spacial score (nSPS) is 14.8. The molecular formula is C19H25N5OS. The zero-order valence-electron chi connectivity index (χ0n) is 15.3. The van der Waals surface area contributed by atoms with E-state index in [0.29, 0.717) is 19.5 Å². The van der Waals surface area contributed by atoms with Gasteiger partial charge in [0.25, 0.3) is 0 Å². The van der Waals surface area contributed by atoms with Crippen LogP contribution in [0.4, 0.5) is 5.69 Å². The molecule has 6 nitrogen and oxygen atoms in total. The summed E-state index contributed by atoms with van der Waals surface area (Å²) in [7, 11) is 0. The molecule has 1 amide bonds. The monoisotopic (exact) mass is 371 g/mol. The Balaban J connectivity index is 1.58. The van der Waals surface area contributed by atoms with Gasteiger partial charge in [0.2, 0.25) is 5.91 Å². The van der Waals surface area contributed by atoms with E-state index in [9.17, 15) is 4.79 Å². The molecule has 0 bridgehead atoms. The molecule has 2 aromatic rings. The summed E-state index contributed by atoms with van der Waals surface area (Å²) < 4.78 is 0. The number of guanidine groups is 1. The molecule has 1 fully saturated rings. The first kappa shape index (κ1) is 18.4. The van der Waals surface area contributed by atoms with E-state index in [1.165, 1.54) is 4.88 Å². The van der Waals surface area contributed by atoms with Crippen molar-refractivity contribution in [1.29, 1.82) is 0 Å². The van der Waals surface area contributed by atoms with Gasteiger partial charge in [0, 0.05) is 36.3 Å². The summed E-state index contributed by atoms with van der Waals surface area (Å²) in [6, 6.07) is 8.09. The van der Waals surface area contributed by atoms with Crippen molar-refractivity contribution in [3.05, 3.63) is 45.9 Å². The van der Waals surface area contributed by atoms with Crippen LogP contribution in [0.1, 0.15) is 35.2 Å². The molecule has 1 aliphatic heterocycles. The molecule has 26 heavy (non-hydrogen) atoms. The minimum absolute atomic E-state index is 0.215. The van der Waals surface area contributed by atoms with Crippen LogP contribution in [0.5, 0.6) is 0 Å². The van der Waals surface area contributed by atoms with E-state index in [1.807, 2.05) is 42.3 Å². The van der Waals surface area contributed by atoms with E-state index in [1.54, 1.807) is 11.3 Å². The number of hydrogen-bond donors (Lipinski definition) is 2. The number of carbonyl (C=O) groups excluding carboxylic acids is 1. The SMILES string of the molecule is CCNC(=NCc1ccc(N2CCCC2=O)cc1)NCc1ncc(C)s1. The number of hydrogen-bond acceptors (Lipinski definition) is 4. The fourth-order valence-corrected chi connectivity index (χ4v) is 3.58. The zero-order valence-corrected chi connectivity index (χ0v) is 16.1. The summed E-state index contributed by atoms with van der Waals surface area (Å²) in [5, 5.41) is 7.62. The van der Waals surface area contributed by atoms with Crippen LogP contribution in [-0.2, 0) is 17.9 Å². The lowest BCUT2D eigenvalue weighted by atomic mass is 10.2. The van der Waals surface area contributed by atoms with Gasteiger partial charge in [0.15, 0.2) is 5.96 Å². The van der Waals surface area contributed by atoms with Gasteiger partial charge >= 0.3 is 0 Å². The first-order chi connectivity index (χ1) is 12.7. The summed E-state index contributed by atoms with van der Waals surface area (Å²) in [4.78, 5) is 23.9. The molecule has 0 radical (unpaired) electrons. The van der Waals surface area contributed by atoms with Gasteiger partial charge < -0.3 is 15.5 Å². The largest absolute Gasteiger partial charge is 0.357 e. The van der Waals surface area contributed by atoms with E-state index in [2.05, 4.69) is 27.5 Å². The Hall–Kier alpha value is -2.41. The van der Waals surface area contributed by atoms with Gasteiger partial charge in [0.1, 0.15) is 5.01 Å². The number of anilines is 1. The average Bonchev–Trinajstić information content (AvgIpc) is 3.26. The summed E-state index contributed by atoms with van der Waals surface area (Å²) >= 11 is 1.69. The molecule has 138 valence electrons. The van der Waals surface area contributed by atoms with Crippen molar-refractivity contribution in [2.24, 2.45) is 4.99 Å². The molecule has 0 atom stereocenters. The summed E-state index contributed by atoms with van der Waals surface area (Å²) in [6.07, 6.45) is 3.49. The maximum Gasteiger partial charge on any atom is 0.227 e. The van der Waals surface area contributed by atoms with Gasteiger partial charge in [-0.2, -0.15) is 0 Å². The van der Waals surface area contributed by atoms with Gasteiger partial charge in [-0.3, -0.25) is 4.79 Å². The van der Waals surface area contributed by atoms with Crippen LogP contribution in [0, 0.1) is 6.92 Å². The van der Waals surface area contributed by atoms with E-state index in [-0.39, 0.29) is 5.91 Å². The number of nitrogens with one attached hydrogen (secondary N) is 2. The van der Waals surface area contributed by atoms with Crippen LogP contribution in [0.15, 0.2) is 35.5 Å². The number of aliphatic imine (C=N–C) groups is 1. The number of carbonyl (C=O) groups is 1. The second-order valence-electron chi connectivity index (χ2n) is 6.23. The smallest absolute Gasteiger partial charge is 0.227 e. The van der Waals surface area contributed by atoms with Crippen LogP contribution in [0.25, 0.3) is 0 Å². The number of amides is 1. The van der Waals surface area contributed by atoms with Crippen LogP contribution in [-0.4, -0.2) is 29.9 Å². The number of nitrogens with zero attached hydrogens (tertiary/aromatic N) is 3. The highest BCUT2D eigenvalue weighted by Crippen LogP contribution is 2.21. The molecule has 7 heteroatoms. The highest BCUT2D eigenvalue weighted by molar-refractivity contribution is 7.11. The third-order valence-electron chi connectivity index (χ3n) is 4.16. The maximum atomic E-state index is 11.8. The fraction of sp³-hybridized carbons (Fsp3) is 0.421. The van der Waals surface area contributed by atoms with Gasteiger partial charge in [-0.05, 0) is 38.0 Å². The van der Waals surface area contributed by atoms with Crippen LogP contribution < -0.4 is 15.5 Å². The Morgan fingerprint density at radius 3 is 2.73 bits per heavy atom. The Kier molecular flexibility index (Phi) is 6.22. The molecule has 2 heterocycles. The van der Waals surface area contributed by atoms with Crippen LogP contribution >= 0.6 is 11.3 Å². The average molecular weight is 372 g/mol. The van der Waals surface area contributed by atoms with Crippen molar-refractivity contribution < 1.29 is 4.79 Å². The highest BCUT2D eigenvalue weighted by atomic mass is 32.1. The molecular weight excluding hydrogens is 346 g/mol. The molecule has 0 unspecified atom stereocenters. The van der Waals surface area contributed by atoms with E-state index in [4.69, 9.17) is 0 Å². The molecule has 1 aromatic heterocycles. The van der Waals surface area contributed by atoms with E-state index in [0.717, 1.165) is 41.7 Å². The molecule has 3 rings (SSSR count). The minimum Gasteiger partial charge on any atom is -0.357 e. The third-order valence-corrected chi connectivity index (χ3v) is 5.07. The molecule has 0 saturated carbocycles. The van der Waals surface area contributed by atoms with Crippen molar-refractivity contribution in [2.75, 3.05) is 18.0 Å². The molecule has 1 saturated heterocycles.